The molecule has 5 rings (SSSR count). The van der Waals surface area contributed by atoms with Crippen molar-refractivity contribution in [1.82, 2.24) is 24.9 Å². The second-order valence-electron chi connectivity index (χ2n) is 9.00. The van der Waals surface area contributed by atoms with Gasteiger partial charge in [0.1, 0.15) is 5.82 Å². The van der Waals surface area contributed by atoms with E-state index in [9.17, 15) is 4.79 Å². The number of aromatic nitrogens is 3. The van der Waals surface area contributed by atoms with Gasteiger partial charge in [0.05, 0.1) is 11.5 Å². The Labute approximate surface area is 183 Å². The highest BCUT2D eigenvalue weighted by atomic mass is 16.5. The first kappa shape index (κ1) is 20.4. The Hall–Kier alpha value is -2.48. The van der Waals surface area contributed by atoms with Crippen molar-refractivity contribution in [2.45, 2.75) is 44.9 Å². The number of likely N-dealkylation sites (N-methyl/N-ethyl adjacent to an activating group) is 1. The van der Waals surface area contributed by atoms with Crippen LogP contribution >= 0.6 is 0 Å². The van der Waals surface area contributed by atoms with Crippen molar-refractivity contribution in [3.8, 4) is 11.4 Å². The van der Waals surface area contributed by atoms with E-state index >= 15 is 0 Å². The first-order chi connectivity index (χ1) is 15.2. The zero-order chi connectivity index (χ0) is 21.2. The second kappa shape index (κ2) is 8.94. The summed E-state index contributed by atoms with van der Waals surface area (Å²) in [4.78, 5) is 29.3. The molecule has 1 amide bonds. The van der Waals surface area contributed by atoms with E-state index in [0.29, 0.717) is 24.2 Å². The van der Waals surface area contributed by atoms with Crippen molar-refractivity contribution in [1.29, 1.82) is 0 Å². The van der Waals surface area contributed by atoms with Crippen LogP contribution in [0.25, 0.3) is 11.4 Å². The van der Waals surface area contributed by atoms with Gasteiger partial charge in [-0.1, -0.05) is 18.5 Å². The van der Waals surface area contributed by atoms with Crippen LogP contribution in [0.15, 0.2) is 22.9 Å². The van der Waals surface area contributed by atoms with E-state index in [0.717, 1.165) is 82.2 Å². The van der Waals surface area contributed by atoms with E-state index in [1.165, 1.54) is 6.42 Å². The van der Waals surface area contributed by atoms with Crippen molar-refractivity contribution >= 4 is 11.7 Å². The number of rotatable bonds is 5. The number of piperidine rings is 1. The molecule has 2 aromatic rings. The predicted molar refractivity (Wildman–Crippen MR) is 118 cm³/mol. The molecule has 31 heavy (non-hydrogen) atoms. The number of hydrogen-bond acceptors (Lipinski definition) is 7. The van der Waals surface area contributed by atoms with Crippen LogP contribution < -0.4 is 4.90 Å². The van der Waals surface area contributed by atoms with Gasteiger partial charge in [0.25, 0.3) is 0 Å². The standard InChI is InChI=1S/C23H32N6O2/c1-2-27-12-14-28(15-13-27)23(30)18-8-5-11-29(16-18)21-19(9-4-10-24-21)20-25-22(31-26-20)17-6-3-7-17/h4,9-10,17-18H,2-3,5-8,11-16H2,1H3/t18-/m1/s1. The third-order valence-corrected chi connectivity index (χ3v) is 7.13. The fourth-order valence-electron chi connectivity index (χ4n) is 4.90. The Balaban J connectivity index is 1.30. The lowest BCUT2D eigenvalue weighted by Gasteiger charge is -2.39. The van der Waals surface area contributed by atoms with Crippen LogP contribution in [0.2, 0.25) is 0 Å². The lowest BCUT2D eigenvalue weighted by atomic mass is 9.85. The summed E-state index contributed by atoms with van der Waals surface area (Å²) in [5.41, 5.74) is 0.890. The van der Waals surface area contributed by atoms with E-state index < -0.39 is 0 Å². The van der Waals surface area contributed by atoms with Gasteiger partial charge in [-0.2, -0.15) is 4.98 Å². The maximum absolute atomic E-state index is 13.2. The van der Waals surface area contributed by atoms with E-state index in [-0.39, 0.29) is 5.92 Å². The van der Waals surface area contributed by atoms with Gasteiger partial charge in [-0.15, -0.1) is 0 Å². The topological polar surface area (TPSA) is 78.6 Å². The normalized spacial score (nSPS) is 23.1. The third-order valence-electron chi connectivity index (χ3n) is 7.13. The van der Waals surface area contributed by atoms with Crippen molar-refractivity contribution < 1.29 is 9.32 Å². The van der Waals surface area contributed by atoms with Crippen LogP contribution in [-0.4, -0.2) is 76.6 Å². The molecular weight excluding hydrogens is 392 g/mol. The van der Waals surface area contributed by atoms with Crippen LogP contribution in [0.4, 0.5) is 5.82 Å². The molecule has 2 aliphatic heterocycles. The minimum absolute atomic E-state index is 0.0209. The summed E-state index contributed by atoms with van der Waals surface area (Å²) in [6.07, 6.45) is 7.23. The Morgan fingerprint density at radius 1 is 1.13 bits per heavy atom. The molecule has 0 aromatic carbocycles. The molecule has 8 heteroatoms. The molecule has 166 valence electrons. The summed E-state index contributed by atoms with van der Waals surface area (Å²) >= 11 is 0. The van der Waals surface area contributed by atoms with Gasteiger partial charge in [-0.25, -0.2) is 4.98 Å². The minimum Gasteiger partial charge on any atom is -0.355 e. The van der Waals surface area contributed by atoms with Gasteiger partial charge >= 0.3 is 0 Å². The van der Waals surface area contributed by atoms with Gasteiger partial charge in [-0.05, 0) is 44.4 Å². The monoisotopic (exact) mass is 424 g/mol. The molecule has 3 fully saturated rings. The summed E-state index contributed by atoms with van der Waals surface area (Å²) < 4.78 is 5.55. The van der Waals surface area contributed by atoms with Crippen molar-refractivity contribution in [3.05, 3.63) is 24.2 Å². The molecule has 2 aromatic heterocycles. The Morgan fingerprint density at radius 2 is 1.97 bits per heavy atom. The van der Waals surface area contributed by atoms with Crippen molar-refractivity contribution in [2.24, 2.45) is 5.92 Å². The summed E-state index contributed by atoms with van der Waals surface area (Å²) in [5, 5.41) is 4.25. The van der Waals surface area contributed by atoms with Gasteiger partial charge in [-0.3, -0.25) is 4.79 Å². The minimum atomic E-state index is 0.0209. The highest BCUT2D eigenvalue weighted by molar-refractivity contribution is 5.80. The van der Waals surface area contributed by atoms with Crippen LogP contribution in [0, 0.1) is 5.92 Å². The largest absolute Gasteiger partial charge is 0.355 e. The molecular formula is C23H32N6O2. The zero-order valence-corrected chi connectivity index (χ0v) is 18.4. The SMILES string of the molecule is CCN1CCN(C(=O)[C@@H]2CCCN(c3ncccc3-c3noc(C4CCC4)n3)C2)CC1. The van der Waals surface area contributed by atoms with Gasteiger partial charge in [0.2, 0.25) is 17.6 Å². The van der Waals surface area contributed by atoms with E-state index in [4.69, 9.17) is 4.52 Å². The summed E-state index contributed by atoms with van der Waals surface area (Å²) in [6.45, 7) is 8.46. The Morgan fingerprint density at radius 3 is 2.71 bits per heavy atom. The predicted octanol–water partition coefficient (Wildman–Crippen LogP) is 2.78. The van der Waals surface area contributed by atoms with Crippen molar-refractivity contribution in [3.63, 3.8) is 0 Å². The maximum atomic E-state index is 13.2. The molecule has 0 N–H and O–H groups in total. The molecule has 3 aliphatic rings. The number of hydrogen-bond donors (Lipinski definition) is 0. The smallest absolute Gasteiger partial charge is 0.230 e. The highest BCUT2D eigenvalue weighted by Gasteiger charge is 2.33. The Bertz CT molecular complexity index is 903. The van der Waals surface area contributed by atoms with E-state index in [1.807, 2.05) is 12.1 Å². The van der Waals surface area contributed by atoms with Gasteiger partial charge in [0, 0.05) is 51.4 Å². The quantitative estimate of drug-likeness (QED) is 0.730. The molecule has 4 heterocycles. The average Bonchev–Trinajstić information content (AvgIpc) is 3.27. The first-order valence-corrected chi connectivity index (χ1v) is 11.8. The van der Waals surface area contributed by atoms with Crippen molar-refractivity contribution in [2.75, 3.05) is 50.7 Å². The van der Waals surface area contributed by atoms with Crippen LogP contribution in [-0.2, 0) is 4.79 Å². The summed E-state index contributed by atoms with van der Waals surface area (Å²) in [6, 6.07) is 3.92. The van der Waals surface area contributed by atoms with E-state index in [2.05, 4.69) is 36.7 Å². The number of carbonyl (C=O) groups is 1. The van der Waals surface area contributed by atoms with Crippen LogP contribution in [0.3, 0.4) is 0 Å². The second-order valence-corrected chi connectivity index (χ2v) is 9.00. The average molecular weight is 425 g/mol. The lowest BCUT2D eigenvalue weighted by molar-refractivity contribution is -0.137. The third kappa shape index (κ3) is 4.18. The van der Waals surface area contributed by atoms with Crippen LogP contribution in [0.1, 0.15) is 50.8 Å². The fraction of sp³-hybridized carbons (Fsp3) is 0.652. The molecule has 1 aliphatic carbocycles. The van der Waals surface area contributed by atoms with Crippen LogP contribution in [0.5, 0.6) is 0 Å². The molecule has 0 bridgehead atoms. The first-order valence-electron chi connectivity index (χ1n) is 11.8. The lowest BCUT2D eigenvalue weighted by Crippen LogP contribution is -2.52. The van der Waals surface area contributed by atoms with Gasteiger partial charge < -0.3 is 19.2 Å². The number of nitrogens with zero attached hydrogens (tertiary/aromatic N) is 6. The molecule has 0 unspecified atom stereocenters. The number of piperazine rings is 1. The fourth-order valence-corrected chi connectivity index (χ4v) is 4.90. The number of anilines is 1. The molecule has 2 saturated heterocycles. The molecule has 8 nitrogen and oxygen atoms in total. The summed E-state index contributed by atoms with van der Waals surface area (Å²) in [7, 11) is 0. The van der Waals surface area contributed by atoms with E-state index in [1.54, 1.807) is 6.20 Å². The highest BCUT2D eigenvalue weighted by Crippen LogP contribution is 2.37. The zero-order valence-electron chi connectivity index (χ0n) is 18.4. The molecule has 0 radical (unpaired) electrons. The molecule has 1 saturated carbocycles. The number of amides is 1. The maximum Gasteiger partial charge on any atom is 0.230 e. The molecule has 0 spiro atoms. The number of pyridine rings is 1. The van der Waals surface area contributed by atoms with Gasteiger partial charge in [0.15, 0.2) is 0 Å². The molecule has 1 atom stereocenters. The Kier molecular flexibility index (Phi) is 5.89. The number of carbonyl (C=O) groups excluding carboxylic acids is 1. The summed E-state index contributed by atoms with van der Waals surface area (Å²) in [5.74, 6) is 2.93.